The minimum atomic E-state index is 0.693. The zero-order valence-electron chi connectivity index (χ0n) is 13.4. The smallest absolute Gasteiger partial charge is 0.161 e. The van der Waals surface area contributed by atoms with Gasteiger partial charge in [-0.3, -0.25) is 0 Å². The SMILES string of the molecule is COCCCCOc1cc(CNC2CC2)c(C)cc1OC. The van der Waals surface area contributed by atoms with Crippen LogP contribution in [0.5, 0.6) is 11.5 Å². The van der Waals surface area contributed by atoms with E-state index < -0.39 is 0 Å². The monoisotopic (exact) mass is 293 g/mol. The van der Waals surface area contributed by atoms with Crippen molar-refractivity contribution in [2.75, 3.05) is 27.4 Å². The van der Waals surface area contributed by atoms with Gasteiger partial charge in [0.25, 0.3) is 0 Å². The number of unbranched alkanes of at least 4 members (excludes halogenated alkanes) is 1. The first-order valence-corrected chi connectivity index (χ1v) is 7.77. The second kappa shape index (κ2) is 8.25. The fraction of sp³-hybridized carbons (Fsp3) is 0.647. The molecule has 0 aliphatic heterocycles. The molecule has 1 aromatic rings. The average molecular weight is 293 g/mol. The molecule has 1 aliphatic carbocycles. The van der Waals surface area contributed by atoms with Gasteiger partial charge in [0.15, 0.2) is 11.5 Å². The van der Waals surface area contributed by atoms with Crippen LogP contribution in [0.2, 0.25) is 0 Å². The van der Waals surface area contributed by atoms with Crippen LogP contribution in [0.15, 0.2) is 12.1 Å². The Balaban J connectivity index is 1.93. The van der Waals surface area contributed by atoms with E-state index in [1.807, 2.05) is 0 Å². The van der Waals surface area contributed by atoms with Crippen LogP contribution >= 0.6 is 0 Å². The third kappa shape index (κ3) is 5.21. The summed E-state index contributed by atoms with van der Waals surface area (Å²) in [6, 6.07) is 4.89. The third-order valence-corrected chi connectivity index (χ3v) is 3.78. The normalized spacial score (nSPS) is 14.2. The zero-order valence-corrected chi connectivity index (χ0v) is 13.4. The highest BCUT2D eigenvalue weighted by Gasteiger charge is 2.20. The van der Waals surface area contributed by atoms with Crippen LogP contribution in [0.1, 0.15) is 36.8 Å². The van der Waals surface area contributed by atoms with E-state index in [9.17, 15) is 0 Å². The van der Waals surface area contributed by atoms with Gasteiger partial charge >= 0.3 is 0 Å². The number of hydrogen-bond acceptors (Lipinski definition) is 4. The summed E-state index contributed by atoms with van der Waals surface area (Å²) >= 11 is 0. The van der Waals surface area contributed by atoms with Gasteiger partial charge in [-0.25, -0.2) is 0 Å². The van der Waals surface area contributed by atoms with E-state index in [2.05, 4.69) is 24.4 Å². The van der Waals surface area contributed by atoms with E-state index in [1.165, 1.54) is 24.0 Å². The first kappa shape index (κ1) is 16.1. The number of rotatable bonds is 10. The maximum absolute atomic E-state index is 5.88. The Labute approximate surface area is 127 Å². The van der Waals surface area contributed by atoms with Crippen LogP contribution in [0.4, 0.5) is 0 Å². The van der Waals surface area contributed by atoms with Crippen molar-refractivity contribution in [2.24, 2.45) is 0 Å². The fourth-order valence-electron chi connectivity index (χ4n) is 2.24. The van der Waals surface area contributed by atoms with E-state index in [1.54, 1.807) is 14.2 Å². The van der Waals surface area contributed by atoms with E-state index in [4.69, 9.17) is 14.2 Å². The molecule has 4 heteroatoms. The molecule has 1 aliphatic rings. The van der Waals surface area contributed by atoms with Gasteiger partial charge in [-0.1, -0.05) is 0 Å². The predicted octanol–water partition coefficient (Wildman–Crippen LogP) is 3.06. The van der Waals surface area contributed by atoms with Gasteiger partial charge in [0.1, 0.15) is 0 Å². The minimum Gasteiger partial charge on any atom is -0.493 e. The largest absolute Gasteiger partial charge is 0.493 e. The quantitative estimate of drug-likeness (QED) is 0.673. The second-order valence-corrected chi connectivity index (χ2v) is 5.63. The van der Waals surface area contributed by atoms with E-state index in [0.717, 1.165) is 37.5 Å². The Morgan fingerprint density at radius 2 is 1.86 bits per heavy atom. The number of aryl methyl sites for hydroxylation is 1. The zero-order chi connectivity index (χ0) is 15.1. The molecule has 1 aromatic carbocycles. The van der Waals surface area contributed by atoms with Crippen molar-refractivity contribution in [3.8, 4) is 11.5 Å². The maximum atomic E-state index is 5.88. The topological polar surface area (TPSA) is 39.7 Å². The van der Waals surface area contributed by atoms with Gasteiger partial charge in [-0.05, 0) is 55.9 Å². The lowest BCUT2D eigenvalue weighted by Gasteiger charge is -2.15. The van der Waals surface area contributed by atoms with Gasteiger partial charge in [-0.2, -0.15) is 0 Å². The number of nitrogens with one attached hydrogen (secondary N) is 1. The average Bonchev–Trinajstić information content (AvgIpc) is 3.30. The fourth-order valence-corrected chi connectivity index (χ4v) is 2.24. The third-order valence-electron chi connectivity index (χ3n) is 3.78. The van der Waals surface area contributed by atoms with Crippen molar-refractivity contribution in [2.45, 2.75) is 45.2 Å². The highest BCUT2D eigenvalue weighted by Crippen LogP contribution is 2.31. The van der Waals surface area contributed by atoms with Gasteiger partial charge in [-0.15, -0.1) is 0 Å². The molecule has 0 radical (unpaired) electrons. The van der Waals surface area contributed by atoms with Crippen molar-refractivity contribution in [1.82, 2.24) is 5.32 Å². The molecule has 2 rings (SSSR count). The van der Waals surface area contributed by atoms with Crippen molar-refractivity contribution in [3.63, 3.8) is 0 Å². The van der Waals surface area contributed by atoms with Gasteiger partial charge in [0.05, 0.1) is 13.7 Å². The highest BCUT2D eigenvalue weighted by molar-refractivity contribution is 5.47. The molecule has 1 N–H and O–H groups in total. The Morgan fingerprint density at radius 3 is 2.52 bits per heavy atom. The molecule has 0 bridgehead atoms. The standard InChI is InChI=1S/C17H27NO3/c1-13-10-16(20-3)17(21-9-5-4-8-19-2)11-14(13)12-18-15-6-7-15/h10-11,15,18H,4-9,12H2,1-3H3. The van der Waals surface area contributed by atoms with Crippen LogP contribution < -0.4 is 14.8 Å². The summed E-state index contributed by atoms with van der Waals surface area (Å²) in [5, 5.41) is 3.55. The highest BCUT2D eigenvalue weighted by atomic mass is 16.5. The Kier molecular flexibility index (Phi) is 6.33. The molecule has 0 atom stereocenters. The molecule has 1 fully saturated rings. The first-order chi connectivity index (χ1) is 10.2. The summed E-state index contributed by atoms with van der Waals surface area (Å²) in [5.41, 5.74) is 2.53. The number of methoxy groups -OCH3 is 2. The molecule has 0 aromatic heterocycles. The summed E-state index contributed by atoms with van der Waals surface area (Å²) in [6.07, 6.45) is 4.61. The Hall–Kier alpha value is -1.26. The van der Waals surface area contributed by atoms with Crippen LogP contribution in [0, 0.1) is 6.92 Å². The molecule has 4 nitrogen and oxygen atoms in total. The van der Waals surface area contributed by atoms with Crippen LogP contribution in [-0.4, -0.2) is 33.5 Å². The molecule has 21 heavy (non-hydrogen) atoms. The molecule has 0 amide bonds. The number of benzene rings is 1. The van der Waals surface area contributed by atoms with Crippen molar-refractivity contribution in [1.29, 1.82) is 0 Å². The second-order valence-electron chi connectivity index (χ2n) is 5.63. The van der Waals surface area contributed by atoms with E-state index in [0.29, 0.717) is 12.6 Å². The lowest BCUT2D eigenvalue weighted by Crippen LogP contribution is -2.16. The molecule has 0 heterocycles. The van der Waals surface area contributed by atoms with Gasteiger partial charge < -0.3 is 19.5 Å². The van der Waals surface area contributed by atoms with E-state index in [-0.39, 0.29) is 0 Å². The molecule has 0 saturated heterocycles. The molecule has 0 unspecified atom stereocenters. The predicted molar refractivity (Wildman–Crippen MR) is 84.2 cm³/mol. The van der Waals surface area contributed by atoms with Crippen molar-refractivity contribution in [3.05, 3.63) is 23.3 Å². The molecule has 0 spiro atoms. The Bertz CT molecular complexity index is 444. The summed E-state index contributed by atoms with van der Waals surface area (Å²) < 4.78 is 16.4. The van der Waals surface area contributed by atoms with Crippen molar-refractivity contribution < 1.29 is 14.2 Å². The first-order valence-electron chi connectivity index (χ1n) is 7.77. The maximum Gasteiger partial charge on any atom is 0.161 e. The number of ether oxygens (including phenoxy) is 3. The number of hydrogen-bond donors (Lipinski definition) is 1. The molecular formula is C17H27NO3. The minimum absolute atomic E-state index is 0.693. The summed E-state index contributed by atoms with van der Waals surface area (Å²) in [6.45, 7) is 4.50. The molecule has 1 saturated carbocycles. The summed E-state index contributed by atoms with van der Waals surface area (Å²) in [7, 11) is 3.41. The molecule has 118 valence electrons. The van der Waals surface area contributed by atoms with Crippen LogP contribution in [-0.2, 0) is 11.3 Å². The van der Waals surface area contributed by atoms with Gasteiger partial charge in [0.2, 0.25) is 0 Å². The van der Waals surface area contributed by atoms with E-state index >= 15 is 0 Å². The lowest BCUT2D eigenvalue weighted by molar-refractivity contribution is 0.183. The van der Waals surface area contributed by atoms with Crippen molar-refractivity contribution >= 4 is 0 Å². The Morgan fingerprint density at radius 1 is 1.10 bits per heavy atom. The van der Waals surface area contributed by atoms with Crippen LogP contribution in [0.3, 0.4) is 0 Å². The molecular weight excluding hydrogens is 266 g/mol. The van der Waals surface area contributed by atoms with Gasteiger partial charge in [0, 0.05) is 26.3 Å². The summed E-state index contributed by atoms with van der Waals surface area (Å²) in [4.78, 5) is 0. The van der Waals surface area contributed by atoms with Crippen LogP contribution in [0.25, 0.3) is 0 Å². The summed E-state index contributed by atoms with van der Waals surface area (Å²) in [5.74, 6) is 1.66. The lowest BCUT2D eigenvalue weighted by atomic mass is 10.1.